The van der Waals surface area contributed by atoms with Gasteiger partial charge < -0.3 is 10.1 Å². The second-order valence-corrected chi connectivity index (χ2v) is 11.8. The first-order chi connectivity index (χ1) is 17.5. The molecule has 0 saturated heterocycles. The van der Waals surface area contributed by atoms with Crippen LogP contribution in [0.15, 0.2) is 48.5 Å². The van der Waals surface area contributed by atoms with Gasteiger partial charge in [-0.15, -0.1) is 11.8 Å². The van der Waals surface area contributed by atoms with Crippen molar-refractivity contribution in [1.82, 2.24) is 15.1 Å². The zero-order chi connectivity index (χ0) is 26.9. The quantitative estimate of drug-likeness (QED) is 0.445. The summed E-state index contributed by atoms with van der Waals surface area (Å²) in [6.45, 7) is 9.96. The molecule has 4 rings (SSSR count). The molecule has 2 amide bonds. The molecule has 0 unspecified atom stereocenters. The number of carbonyl (C=O) groups is 2. The topological polar surface area (TPSA) is 76.5 Å². The van der Waals surface area contributed by atoms with Crippen LogP contribution in [0.1, 0.15) is 56.7 Å². The number of fused-ring (bicyclic) bond motifs is 1. The molecule has 2 aromatic carbocycles. The van der Waals surface area contributed by atoms with Crippen molar-refractivity contribution in [3.63, 3.8) is 0 Å². The van der Waals surface area contributed by atoms with Gasteiger partial charge in [-0.05, 0) is 32.0 Å². The first-order valence-corrected chi connectivity index (χ1v) is 13.7. The summed E-state index contributed by atoms with van der Waals surface area (Å²) >= 11 is 8.17. The van der Waals surface area contributed by atoms with Crippen molar-refractivity contribution in [2.75, 3.05) is 24.3 Å². The van der Waals surface area contributed by atoms with Gasteiger partial charge in [-0.3, -0.25) is 14.5 Å². The van der Waals surface area contributed by atoms with Gasteiger partial charge in [-0.25, -0.2) is 4.68 Å². The van der Waals surface area contributed by atoms with Gasteiger partial charge in [0.05, 0.1) is 34.5 Å². The summed E-state index contributed by atoms with van der Waals surface area (Å²) in [5.41, 5.74) is 2.93. The molecule has 1 N–H and O–H groups in total. The number of hydrogen-bond acceptors (Lipinski definition) is 5. The SMILES string of the molecule is COc1ccccc1[C@@H]1SCC(=O)N(CC(=O)NC(C)C)c2c1c(C(C)(C)C)nn2-c1ccccc1Cl. The summed E-state index contributed by atoms with van der Waals surface area (Å²) in [4.78, 5) is 28.2. The molecule has 2 heterocycles. The Bertz CT molecular complexity index is 1310. The highest BCUT2D eigenvalue weighted by molar-refractivity contribution is 8.00. The predicted molar refractivity (Wildman–Crippen MR) is 150 cm³/mol. The van der Waals surface area contributed by atoms with E-state index in [9.17, 15) is 9.59 Å². The molecular weight excluding hydrogens is 508 g/mol. The molecule has 37 heavy (non-hydrogen) atoms. The van der Waals surface area contributed by atoms with Gasteiger partial charge in [0.1, 0.15) is 18.1 Å². The van der Waals surface area contributed by atoms with Crippen LogP contribution in [0, 0.1) is 0 Å². The number of nitrogens with zero attached hydrogens (tertiary/aromatic N) is 3. The fourth-order valence-electron chi connectivity index (χ4n) is 4.50. The molecule has 0 spiro atoms. The van der Waals surface area contributed by atoms with Crippen molar-refractivity contribution in [2.45, 2.75) is 51.3 Å². The fraction of sp³-hybridized carbons (Fsp3) is 0.393. The molecule has 3 aromatic rings. The number of halogens is 1. The van der Waals surface area contributed by atoms with Gasteiger partial charge in [0, 0.05) is 22.6 Å². The van der Waals surface area contributed by atoms with Crippen molar-refractivity contribution in [1.29, 1.82) is 0 Å². The van der Waals surface area contributed by atoms with Gasteiger partial charge in [-0.2, -0.15) is 5.10 Å². The normalized spacial score (nSPS) is 15.9. The third-order valence-corrected chi connectivity index (χ3v) is 7.61. The van der Waals surface area contributed by atoms with Crippen LogP contribution in [0.4, 0.5) is 5.82 Å². The second kappa shape index (κ2) is 10.8. The largest absolute Gasteiger partial charge is 0.496 e. The number of para-hydroxylation sites is 2. The summed E-state index contributed by atoms with van der Waals surface area (Å²) in [6.07, 6.45) is 0. The highest BCUT2D eigenvalue weighted by atomic mass is 35.5. The van der Waals surface area contributed by atoms with E-state index in [1.807, 2.05) is 56.3 Å². The van der Waals surface area contributed by atoms with Crippen molar-refractivity contribution in [3.8, 4) is 11.4 Å². The van der Waals surface area contributed by atoms with Gasteiger partial charge in [0.15, 0.2) is 0 Å². The number of anilines is 1. The van der Waals surface area contributed by atoms with Gasteiger partial charge >= 0.3 is 0 Å². The van der Waals surface area contributed by atoms with E-state index < -0.39 is 0 Å². The van der Waals surface area contributed by atoms with Crippen LogP contribution in [0.3, 0.4) is 0 Å². The Labute approximate surface area is 227 Å². The molecule has 196 valence electrons. The van der Waals surface area contributed by atoms with Crippen LogP contribution >= 0.6 is 23.4 Å². The molecule has 1 aliphatic rings. The lowest BCUT2D eigenvalue weighted by atomic mass is 9.87. The monoisotopic (exact) mass is 540 g/mol. The Hall–Kier alpha value is -2.97. The van der Waals surface area contributed by atoms with Crippen LogP contribution in [0.2, 0.25) is 5.02 Å². The average Bonchev–Trinajstić information content (AvgIpc) is 3.17. The van der Waals surface area contributed by atoms with E-state index >= 15 is 0 Å². The smallest absolute Gasteiger partial charge is 0.240 e. The highest BCUT2D eigenvalue weighted by Crippen LogP contribution is 2.50. The van der Waals surface area contributed by atoms with Crippen molar-refractivity contribution >= 4 is 41.0 Å². The van der Waals surface area contributed by atoms with Crippen LogP contribution in [0.5, 0.6) is 5.75 Å². The van der Waals surface area contributed by atoms with Crippen LogP contribution in [0.25, 0.3) is 5.69 Å². The minimum atomic E-state index is -0.364. The van der Waals surface area contributed by atoms with Crippen LogP contribution in [-0.4, -0.2) is 47.0 Å². The number of hydrogen-bond donors (Lipinski definition) is 1. The van der Waals surface area contributed by atoms with Crippen LogP contribution < -0.4 is 15.0 Å². The minimum absolute atomic E-state index is 0.0524. The van der Waals surface area contributed by atoms with E-state index in [4.69, 9.17) is 21.4 Å². The predicted octanol–water partition coefficient (Wildman–Crippen LogP) is 5.53. The number of nitrogens with one attached hydrogen (secondary N) is 1. The molecule has 1 aromatic heterocycles. The summed E-state index contributed by atoms with van der Waals surface area (Å²) in [6, 6.07) is 15.2. The number of ether oxygens (including phenoxy) is 1. The lowest BCUT2D eigenvalue weighted by molar-refractivity contribution is -0.123. The summed E-state index contributed by atoms with van der Waals surface area (Å²) in [5.74, 6) is 1.08. The van der Waals surface area contributed by atoms with Crippen molar-refractivity contribution in [2.24, 2.45) is 0 Å². The number of amides is 2. The first-order valence-electron chi connectivity index (χ1n) is 12.3. The molecule has 1 atom stereocenters. The number of thioether (sulfide) groups is 1. The standard InChI is InChI=1S/C28H33ClN4O3S/c1-17(2)30-22(34)15-32-23(35)16-37-25(18-11-7-10-14-21(18)36-6)24-26(28(3,4)5)31-33(27(24)32)20-13-9-8-12-19(20)29/h7-14,17,25H,15-16H2,1-6H3,(H,30,34)/t25-/m0/s1. The average molecular weight is 541 g/mol. The number of benzene rings is 2. The van der Waals surface area contributed by atoms with Crippen molar-refractivity contribution < 1.29 is 14.3 Å². The van der Waals surface area contributed by atoms with E-state index in [-0.39, 0.29) is 40.8 Å². The van der Waals surface area contributed by atoms with E-state index in [1.165, 1.54) is 11.8 Å². The van der Waals surface area contributed by atoms with Crippen LogP contribution in [-0.2, 0) is 15.0 Å². The molecule has 0 radical (unpaired) electrons. The maximum atomic E-state index is 13.7. The number of aromatic nitrogens is 2. The molecule has 7 nitrogen and oxygen atoms in total. The maximum absolute atomic E-state index is 13.7. The third kappa shape index (κ3) is 5.50. The minimum Gasteiger partial charge on any atom is -0.496 e. The van der Waals surface area contributed by atoms with E-state index in [1.54, 1.807) is 22.8 Å². The Kier molecular flexibility index (Phi) is 7.90. The van der Waals surface area contributed by atoms with E-state index in [0.717, 1.165) is 22.6 Å². The number of methoxy groups -OCH3 is 1. The lowest BCUT2D eigenvalue weighted by Gasteiger charge is -2.25. The zero-order valence-corrected chi connectivity index (χ0v) is 23.6. The van der Waals surface area contributed by atoms with E-state index in [0.29, 0.717) is 16.5 Å². The van der Waals surface area contributed by atoms with E-state index in [2.05, 4.69) is 26.1 Å². The lowest BCUT2D eigenvalue weighted by Crippen LogP contribution is -2.44. The summed E-state index contributed by atoms with van der Waals surface area (Å²) < 4.78 is 7.46. The fourth-order valence-corrected chi connectivity index (χ4v) is 5.94. The van der Waals surface area contributed by atoms with Gasteiger partial charge in [0.25, 0.3) is 0 Å². The highest BCUT2D eigenvalue weighted by Gasteiger charge is 2.40. The Morgan fingerprint density at radius 3 is 2.51 bits per heavy atom. The molecule has 0 fully saturated rings. The Morgan fingerprint density at radius 2 is 1.86 bits per heavy atom. The Morgan fingerprint density at radius 1 is 1.19 bits per heavy atom. The molecule has 9 heteroatoms. The molecular formula is C28H33ClN4O3S. The third-order valence-electron chi connectivity index (χ3n) is 6.05. The van der Waals surface area contributed by atoms with Crippen molar-refractivity contribution in [3.05, 3.63) is 70.4 Å². The number of rotatable bonds is 6. The zero-order valence-electron chi connectivity index (χ0n) is 22.0. The van der Waals surface area contributed by atoms with Gasteiger partial charge in [0.2, 0.25) is 11.8 Å². The molecule has 1 aliphatic heterocycles. The molecule has 0 aliphatic carbocycles. The maximum Gasteiger partial charge on any atom is 0.240 e. The summed E-state index contributed by atoms with van der Waals surface area (Å²) in [5, 5.41) is 8.23. The first kappa shape index (κ1) is 27.1. The Balaban J connectivity index is 2.05. The van der Waals surface area contributed by atoms with Gasteiger partial charge in [-0.1, -0.05) is 62.7 Å². The number of carbonyl (C=O) groups excluding carboxylic acids is 2. The molecule has 0 saturated carbocycles. The summed E-state index contributed by atoms with van der Waals surface area (Å²) in [7, 11) is 1.65. The second-order valence-electron chi connectivity index (χ2n) is 10.3. The molecule has 0 bridgehead atoms.